The normalized spacial score (nSPS) is 11.7. The minimum Gasteiger partial charge on any atom is -0.494 e. The first-order valence-electron chi connectivity index (χ1n) is 13.8. The summed E-state index contributed by atoms with van der Waals surface area (Å²) < 4.78 is 11.4. The summed E-state index contributed by atoms with van der Waals surface area (Å²) in [5.74, 6) is -0.507. The Hall–Kier alpha value is -3.60. The van der Waals surface area contributed by atoms with Gasteiger partial charge in [-0.2, -0.15) is 0 Å². The van der Waals surface area contributed by atoms with Gasteiger partial charge >= 0.3 is 11.9 Å². The van der Waals surface area contributed by atoms with Gasteiger partial charge in [-0.05, 0) is 53.3 Å². The minimum atomic E-state index is -1.09. The van der Waals surface area contributed by atoms with E-state index in [-0.39, 0.29) is 17.0 Å². The Morgan fingerprint density at radius 2 is 1.34 bits per heavy atom. The first kappa shape index (κ1) is 29.0. The summed E-state index contributed by atoms with van der Waals surface area (Å²) in [5, 5.41) is 9.81. The van der Waals surface area contributed by atoms with E-state index in [9.17, 15) is 14.7 Å². The maximum absolute atomic E-state index is 12.9. The van der Waals surface area contributed by atoms with E-state index in [1.54, 1.807) is 12.1 Å². The summed E-state index contributed by atoms with van der Waals surface area (Å²) in [6.45, 7) is 7.29. The third-order valence-electron chi connectivity index (χ3n) is 6.84. The number of ether oxygens (including phenoxy) is 2. The molecule has 0 aliphatic heterocycles. The molecule has 1 unspecified atom stereocenters. The SMILES string of the molecule is CCCCCCCCOc1ccc(-c2ccc(-c3c(C(=O)O)cccc3C(=O)OCC(C)CC)cc2)cc1. The molecule has 0 heterocycles. The van der Waals surface area contributed by atoms with Crippen molar-refractivity contribution in [3.8, 4) is 28.0 Å². The number of carbonyl (C=O) groups excluding carboxylic acids is 1. The Bertz CT molecular complexity index is 1160. The van der Waals surface area contributed by atoms with Gasteiger partial charge in [-0.1, -0.05) is 102 Å². The van der Waals surface area contributed by atoms with Crippen molar-refractivity contribution in [1.82, 2.24) is 0 Å². The Labute approximate surface area is 226 Å². The molecule has 0 amide bonds. The Morgan fingerprint density at radius 1 is 0.763 bits per heavy atom. The maximum Gasteiger partial charge on any atom is 0.338 e. The molecule has 5 heteroatoms. The Morgan fingerprint density at radius 3 is 1.97 bits per heavy atom. The number of esters is 1. The molecule has 0 spiro atoms. The number of hydrogen-bond acceptors (Lipinski definition) is 4. The molecule has 1 N–H and O–H groups in total. The highest BCUT2D eigenvalue weighted by atomic mass is 16.5. The first-order valence-corrected chi connectivity index (χ1v) is 13.8. The highest BCUT2D eigenvalue weighted by molar-refractivity contribution is 6.05. The van der Waals surface area contributed by atoms with Crippen LogP contribution in [0, 0.1) is 5.92 Å². The third kappa shape index (κ3) is 8.20. The molecule has 0 aromatic heterocycles. The van der Waals surface area contributed by atoms with Crippen LogP contribution in [0.4, 0.5) is 0 Å². The number of hydrogen-bond donors (Lipinski definition) is 1. The number of benzene rings is 3. The zero-order chi connectivity index (χ0) is 27.3. The number of carboxylic acid groups (broad SMARTS) is 1. The molecule has 38 heavy (non-hydrogen) atoms. The van der Waals surface area contributed by atoms with Gasteiger partial charge in [0, 0.05) is 5.56 Å². The molecule has 0 aliphatic carbocycles. The van der Waals surface area contributed by atoms with Gasteiger partial charge in [-0.15, -0.1) is 0 Å². The van der Waals surface area contributed by atoms with Gasteiger partial charge in [0.25, 0.3) is 0 Å². The fourth-order valence-electron chi connectivity index (χ4n) is 4.27. The molecule has 3 aromatic rings. The summed E-state index contributed by atoms with van der Waals surface area (Å²) in [4.78, 5) is 24.9. The maximum atomic E-state index is 12.9. The lowest BCUT2D eigenvalue weighted by atomic mass is 9.92. The molecule has 0 saturated heterocycles. The van der Waals surface area contributed by atoms with Crippen molar-refractivity contribution in [1.29, 1.82) is 0 Å². The molecule has 0 fully saturated rings. The molecule has 202 valence electrons. The number of rotatable bonds is 15. The van der Waals surface area contributed by atoms with E-state index < -0.39 is 11.9 Å². The number of aromatic carboxylic acids is 1. The van der Waals surface area contributed by atoms with Gasteiger partial charge in [-0.25, -0.2) is 9.59 Å². The average molecular weight is 517 g/mol. The van der Waals surface area contributed by atoms with Crippen molar-refractivity contribution in [2.45, 2.75) is 65.7 Å². The third-order valence-corrected chi connectivity index (χ3v) is 6.84. The van der Waals surface area contributed by atoms with Gasteiger partial charge in [0.2, 0.25) is 0 Å². The standard InChI is InChI=1S/C33H40O5/c1-4-6-7-8-9-10-22-37-28-20-18-26(19-21-28)25-14-16-27(17-15-25)31-29(32(34)35)12-11-13-30(31)33(36)38-23-24(3)5-2/h11-21,24H,4-10,22-23H2,1-3H3,(H,34,35). The molecular weight excluding hydrogens is 476 g/mol. The highest BCUT2D eigenvalue weighted by Crippen LogP contribution is 2.31. The molecule has 0 radical (unpaired) electrons. The van der Waals surface area contributed by atoms with E-state index in [0.717, 1.165) is 36.3 Å². The van der Waals surface area contributed by atoms with E-state index in [0.29, 0.717) is 17.7 Å². The quantitative estimate of drug-likeness (QED) is 0.162. The Kier molecular flexibility index (Phi) is 11.4. The molecule has 0 saturated carbocycles. The lowest BCUT2D eigenvalue weighted by molar-refractivity contribution is 0.0448. The lowest BCUT2D eigenvalue weighted by Gasteiger charge is -2.15. The van der Waals surface area contributed by atoms with Crippen molar-refractivity contribution in [2.24, 2.45) is 5.92 Å². The summed E-state index contributed by atoms with van der Waals surface area (Å²) in [7, 11) is 0. The van der Waals surface area contributed by atoms with Crippen LogP contribution in [0.3, 0.4) is 0 Å². The van der Waals surface area contributed by atoms with Crippen LogP contribution in [0.1, 0.15) is 86.4 Å². The largest absolute Gasteiger partial charge is 0.494 e. The molecule has 0 bridgehead atoms. The summed E-state index contributed by atoms with van der Waals surface area (Å²) >= 11 is 0. The topological polar surface area (TPSA) is 72.8 Å². The van der Waals surface area contributed by atoms with Crippen molar-refractivity contribution in [3.63, 3.8) is 0 Å². The van der Waals surface area contributed by atoms with Crippen LogP contribution in [-0.4, -0.2) is 30.3 Å². The Balaban J connectivity index is 1.71. The number of unbranched alkanes of at least 4 members (excludes halogenated alkanes) is 5. The fourth-order valence-corrected chi connectivity index (χ4v) is 4.27. The van der Waals surface area contributed by atoms with E-state index >= 15 is 0 Å². The first-order chi connectivity index (χ1) is 18.4. The van der Waals surface area contributed by atoms with Gasteiger partial charge in [0.15, 0.2) is 0 Å². The van der Waals surface area contributed by atoms with Gasteiger partial charge in [0.1, 0.15) is 5.75 Å². The predicted octanol–water partition coefficient (Wildman–Crippen LogP) is 8.66. The predicted molar refractivity (Wildman–Crippen MR) is 153 cm³/mol. The zero-order valence-electron chi connectivity index (χ0n) is 22.9. The second kappa shape index (κ2) is 15.0. The van der Waals surface area contributed by atoms with E-state index in [4.69, 9.17) is 9.47 Å². The molecule has 3 rings (SSSR count). The van der Waals surface area contributed by atoms with Gasteiger partial charge in [-0.3, -0.25) is 0 Å². The number of carbonyl (C=O) groups is 2. The van der Waals surface area contributed by atoms with Gasteiger partial charge < -0.3 is 14.6 Å². The fraction of sp³-hybridized carbons (Fsp3) is 0.394. The van der Waals surface area contributed by atoms with Crippen LogP contribution in [0.5, 0.6) is 5.75 Å². The van der Waals surface area contributed by atoms with Crippen molar-refractivity contribution >= 4 is 11.9 Å². The van der Waals surface area contributed by atoms with Crippen LogP contribution in [-0.2, 0) is 4.74 Å². The second-order valence-corrected chi connectivity index (χ2v) is 9.86. The zero-order valence-corrected chi connectivity index (χ0v) is 22.9. The van der Waals surface area contributed by atoms with Crippen molar-refractivity contribution in [2.75, 3.05) is 13.2 Å². The van der Waals surface area contributed by atoms with E-state index in [1.807, 2.05) is 62.4 Å². The van der Waals surface area contributed by atoms with Crippen LogP contribution in [0.15, 0.2) is 66.7 Å². The van der Waals surface area contributed by atoms with E-state index in [2.05, 4.69) is 6.92 Å². The van der Waals surface area contributed by atoms with E-state index in [1.165, 1.54) is 38.2 Å². The smallest absolute Gasteiger partial charge is 0.338 e. The molecule has 3 aromatic carbocycles. The summed E-state index contributed by atoms with van der Waals surface area (Å²) in [5.41, 5.74) is 3.38. The molecule has 0 aliphatic rings. The number of carboxylic acids is 1. The minimum absolute atomic E-state index is 0.0719. The van der Waals surface area contributed by atoms with Gasteiger partial charge in [0.05, 0.1) is 24.3 Å². The summed E-state index contributed by atoms with van der Waals surface area (Å²) in [6.07, 6.45) is 8.30. The highest BCUT2D eigenvalue weighted by Gasteiger charge is 2.21. The van der Waals surface area contributed by atoms with Crippen molar-refractivity contribution < 1.29 is 24.2 Å². The molecular formula is C33H40O5. The van der Waals surface area contributed by atoms with Crippen LogP contribution >= 0.6 is 0 Å². The monoisotopic (exact) mass is 516 g/mol. The van der Waals surface area contributed by atoms with Crippen LogP contribution in [0.2, 0.25) is 0 Å². The second-order valence-electron chi connectivity index (χ2n) is 9.86. The van der Waals surface area contributed by atoms with Crippen LogP contribution in [0.25, 0.3) is 22.3 Å². The average Bonchev–Trinajstić information content (AvgIpc) is 2.95. The lowest BCUT2D eigenvalue weighted by Crippen LogP contribution is -2.14. The summed E-state index contributed by atoms with van der Waals surface area (Å²) in [6, 6.07) is 20.3. The van der Waals surface area contributed by atoms with Crippen LogP contribution < -0.4 is 4.74 Å². The molecule has 1 atom stereocenters. The van der Waals surface area contributed by atoms with Crippen molar-refractivity contribution in [3.05, 3.63) is 77.9 Å². The molecule has 5 nitrogen and oxygen atoms in total.